The number of ether oxygens (including phenoxy) is 4. The van der Waals surface area contributed by atoms with Gasteiger partial charge in [0, 0.05) is 63.8 Å². The number of H-pyrrole nitrogens is 2. The number of fused-ring (bicyclic) bond motifs is 2. The monoisotopic (exact) mass is 718 g/mol. The SMILES string of the molecule is COCCCOc1ccnc(CS(=O)c2nc3ccccc3[nH]2)c1C.COCCCOc1ccnc(CS(=O)c2nc3ccccc3[nH]2)c1C. The summed E-state index contributed by atoms with van der Waals surface area (Å²) in [5.74, 6) is 2.12. The van der Waals surface area contributed by atoms with Crippen molar-refractivity contribution in [2.45, 2.75) is 48.5 Å². The Morgan fingerprint density at radius 3 is 1.42 bits per heavy atom. The van der Waals surface area contributed by atoms with Crippen LogP contribution in [0.3, 0.4) is 0 Å². The third-order valence-electron chi connectivity index (χ3n) is 7.72. The molecule has 50 heavy (non-hydrogen) atoms. The molecule has 0 fully saturated rings. The molecule has 6 aromatic rings. The zero-order valence-electron chi connectivity index (χ0n) is 28.6. The summed E-state index contributed by atoms with van der Waals surface area (Å²) in [7, 11) is 0.741. The minimum atomic E-state index is -1.30. The van der Waals surface area contributed by atoms with Crippen molar-refractivity contribution in [1.29, 1.82) is 0 Å². The molecule has 0 bridgehead atoms. The summed E-state index contributed by atoms with van der Waals surface area (Å²) < 4.78 is 46.9. The van der Waals surface area contributed by atoms with E-state index >= 15 is 0 Å². The second kappa shape index (κ2) is 18.5. The molecule has 2 aromatic carbocycles. The molecule has 0 aliphatic rings. The summed E-state index contributed by atoms with van der Waals surface area (Å²) in [6.07, 6.45) is 5.00. The maximum atomic E-state index is 12.7. The smallest absolute Gasteiger partial charge is 0.197 e. The van der Waals surface area contributed by atoms with Gasteiger partial charge < -0.3 is 28.9 Å². The van der Waals surface area contributed by atoms with E-state index in [-0.39, 0.29) is 0 Å². The Bertz CT molecular complexity index is 1840. The third-order valence-corrected chi connectivity index (χ3v) is 10.0. The standard InChI is InChI=1S/2C18H21N3O3S/c2*1-13-16(19-9-8-17(13)24-11-5-10-23-2)12-25(22)18-20-14-6-3-4-7-15(14)21-18/h2*3-4,6-9H,5,10-12H2,1-2H3,(H,20,21). The molecule has 6 rings (SSSR count). The minimum absolute atomic E-state index is 0.293. The topological polar surface area (TPSA) is 154 Å². The molecule has 0 saturated carbocycles. The van der Waals surface area contributed by atoms with Crippen LogP contribution < -0.4 is 9.47 Å². The number of aromatic amines is 2. The van der Waals surface area contributed by atoms with E-state index in [1.54, 1.807) is 26.6 Å². The van der Waals surface area contributed by atoms with E-state index in [4.69, 9.17) is 18.9 Å². The van der Waals surface area contributed by atoms with E-state index in [9.17, 15) is 8.42 Å². The second-order valence-corrected chi connectivity index (χ2v) is 14.0. The van der Waals surface area contributed by atoms with Crippen LogP contribution in [-0.4, -0.2) is 79.0 Å². The maximum absolute atomic E-state index is 12.7. The van der Waals surface area contributed by atoms with Crippen molar-refractivity contribution in [3.63, 3.8) is 0 Å². The highest BCUT2D eigenvalue weighted by molar-refractivity contribution is 7.84. The van der Waals surface area contributed by atoms with Gasteiger partial charge in [-0.15, -0.1) is 0 Å². The fourth-order valence-electron chi connectivity index (χ4n) is 4.95. The molecule has 0 radical (unpaired) electrons. The average Bonchev–Trinajstić information content (AvgIpc) is 3.77. The average molecular weight is 719 g/mol. The summed E-state index contributed by atoms with van der Waals surface area (Å²) in [5, 5.41) is 0.933. The van der Waals surface area contributed by atoms with E-state index in [1.165, 1.54) is 0 Å². The summed E-state index contributed by atoms with van der Waals surface area (Å²) in [4.78, 5) is 23.8. The quantitative estimate of drug-likeness (QED) is 0.114. The molecule has 12 nitrogen and oxygen atoms in total. The number of nitrogens with zero attached hydrogens (tertiary/aromatic N) is 4. The number of rotatable bonds is 16. The Kier molecular flexibility index (Phi) is 13.6. The zero-order chi connectivity index (χ0) is 35.3. The van der Waals surface area contributed by atoms with Gasteiger partial charge >= 0.3 is 0 Å². The van der Waals surface area contributed by atoms with Crippen LogP contribution in [0.4, 0.5) is 0 Å². The molecule has 0 amide bonds. The van der Waals surface area contributed by atoms with Crippen LogP contribution in [0.5, 0.6) is 11.5 Å². The summed E-state index contributed by atoms with van der Waals surface area (Å²) in [6.45, 7) is 6.34. The van der Waals surface area contributed by atoms with Crippen LogP contribution in [0.25, 0.3) is 22.1 Å². The van der Waals surface area contributed by atoms with Gasteiger partial charge in [0.05, 0.1) is 79.8 Å². The van der Waals surface area contributed by atoms with Crippen LogP contribution >= 0.6 is 0 Å². The van der Waals surface area contributed by atoms with Crippen molar-refractivity contribution in [3.8, 4) is 11.5 Å². The molecule has 2 N–H and O–H groups in total. The lowest BCUT2D eigenvalue weighted by molar-refractivity contribution is 0.171. The van der Waals surface area contributed by atoms with Gasteiger partial charge in [0.15, 0.2) is 10.3 Å². The number of benzene rings is 2. The second-order valence-electron chi connectivity index (χ2n) is 11.2. The number of imidazole rings is 2. The summed E-state index contributed by atoms with van der Waals surface area (Å²) in [6, 6.07) is 18.9. The third kappa shape index (κ3) is 9.81. The van der Waals surface area contributed by atoms with E-state index < -0.39 is 21.6 Å². The maximum Gasteiger partial charge on any atom is 0.197 e. The van der Waals surface area contributed by atoms with Gasteiger partial charge in [0.1, 0.15) is 11.5 Å². The molecule has 2 unspecified atom stereocenters. The van der Waals surface area contributed by atoms with E-state index in [0.29, 0.717) is 48.2 Å². The van der Waals surface area contributed by atoms with Crippen LogP contribution in [0, 0.1) is 13.8 Å². The Labute approximate surface area is 296 Å². The number of nitrogens with one attached hydrogen (secondary N) is 2. The molecular formula is C36H42N6O6S2. The van der Waals surface area contributed by atoms with Gasteiger partial charge in [-0.25, -0.2) is 9.97 Å². The van der Waals surface area contributed by atoms with Crippen molar-refractivity contribution >= 4 is 43.7 Å². The van der Waals surface area contributed by atoms with E-state index in [2.05, 4.69) is 29.9 Å². The summed E-state index contributed by atoms with van der Waals surface area (Å²) >= 11 is 0. The van der Waals surface area contributed by atoms with Crippen molar-refractivity contribution < 1.29 is 27.4 Å². The highest BCUT2D eigenvalue weighted by atomic mass is 32.2. The molecule has 4 heterocycles. The molecule has 264 valence electrons. The first kappa shape index (κ1) is 36.8. The van der Waals surface area contributed by atoms with Crippen LogP contribution in [0.1, 0.15) is 35.4 Å². The molecule has 0 saturated heterocycles. The summed E-state index contributed by atoms with van der Waals surface area (Å²) in [5.41, 5.74) is 6.70. The van der Waals surface area contributed by atoms with Gasteiger partial charge in [0.25, 0.3) is 0 Å². The Morgan fingerprint density at radius 2 is 1.02 bits per heavy atom. The zero-order valence-corrected chi connectivity index (χ0v) is 30.3. The molecule has 14 heteroatoms. The van der Waals surface area contributed by atoms with Crippen LogP contribution in [0.2, 0.25) is 0 Å². The lowest BCUT2D eigenvalue weighted by atomic mass is 10.2. The first-order valence-corrected chi connectivity index (χ1v) is 18.8. The molecule has 2 atom stereocenters. The fourth-order valence-corrected chi connectivity index (χ4v) is 7.15. The van der Waals surface area contributed by atoms with Crippen LogP contribution in [-0.2, 0) is 42.6 Å². The van der Waals surface area contributed by atoms with Crippen molar-refractivity contribution in [1.82, 2.24) is 29.9 Å². The number of aromatic nitrogens is 6. The number of methoxy groups -OCH3 is 2. The lowest BCUT2D eigenvalue weighted by Gasteiger charge is -2.11. The van der Waals surface area contributed by atoms with Gasteiger partial charge in [-0.1, -0.05) is 24.3 Å². The number of pyridine rings is 2. The molecular weight excluding hydrogens is 677 g/mol. The van der Waals surface area contributed by atoms with Crippen molar-refractivity contribution in [2.75, 3.05) is 40.6 Å². The largest absolute Gasteiger partial charge is 0.493 e. The molecule has 0 aliphatic heterocycles. The van der Waals surface area contributed by atoms with Crippen LogP contribution in [0.15, 0.2) is 83.4 Å². The van der Waals surface area contributed by atoms with Crippen molar-refractivity contribution in [2.24, 2.45) is 0 Å². The molecule has 0 aliphatic carbocycles. The van der Waals surface area contributed by atoms with Gasteiger partial charge in [0.2, 0.25) is 0 Å². The molecule has 4 aromatic heterocycles. The van der Waals surface area contributed by atoms with Gasteiger partial charge in [-0.2, -0.15) is 0 Å². The highest BCUT2D eigenvalue weighted by Gasteiger charge is 2.16. The highest BCUT2D eigenvalue weighted by Crippen LogP contribution is 2.24. The minimum Gasteiger partial charge on any atom is -0.493 e. The molecule has 0 spiro atoms. The fraction of sp³-hybridized carbons (Fsp3) is 0.333. The predicted molar refractivity (Wildman–Crippen MR) is 194 cm³/mol. The Balaban J connectivity index is 0.000000194. The predicted octanol–water partition coefficient (Wildman–Crippen LogP) is 5.98. The normalized spacial score (nSPS) is 12.4. The van der Waals surface area contributed by atoms with Gasteiger partial charge in [-0.3, -0.25) is 18.4 Å². The van der Waals surface area contributed by atoms with Gasteiger partial charge in [-0.05, 0) is 50.2 Å². The Morgan fingerprint density at radius 1 is 0.600 bits per heavy atom. The van der Waals surface area contributed by atoms with Crippen molar-refractivity contribution in [3.05, 3.63) is 95.6 Å². The number of para-hydroxylation sites is 4. The number of hydrogen-bond acceptors (Lipinski definition) is 10. The van der Waals surface area contributed by atoms with E-state index in [1.807, 2.05) is 74.5 Å². The first-order valence-electron chi connectivity index (χ1n) is 16.2. The Hall–Kier alpha value is -4.50. The van der Waals surface area contributed by atoms with E-state index in [0.717, 1.165) is 68.9 Å². The first-order chi connectivity index (χ1) is 24.4. The number of hydrogen-bond donors (Lipinski definition) is 2. The lowest BCUT2D eigenvalue weighted by Crippen LogP contribution is -2.06.